The Morgan fingerprint density at radius 1 is 1.00 bits per heavy atom. The quantitative estimate of drug-likeness (QED) is 0.716. The number of benzene rings is 2. The van der Waals surface area contributed by atoms with Gasteiger partial charge in [0.25, 0.3) is 11.8 Å². The highest BCUT2D eigenvalue weighted by molar-refractivity contribution is 5.98. The van der Waals surface area contributed by atoms with Crippen molar-refractivity contribution >= 4 is 17.5 Å². The third-order valence-electron chi connectivity index (χ3n) is 5.60. The summed E-state index contributed by atoms with van der Waals surface area (Å²) in [4.78, 5) is 27.2. The van der Waals surface area contributed by atoms with Crippen molar-refractivity contribution < 1.29 is 19.1 Å². The van der Waals surface area contributed by atoms with Gasteiger partial charge in [0.1, 0.15) is 6.10 Å². The van der Waals surface area contributed by atoms with E-state index in [0.717, 1.165) is 51.3 Å². The molecule has 0 radical (unpaired) electrons. The van der Waals surface area contributed by atoms with E-state index >= 15 is 0 Å². The monoisotopic (exact) mass is 423 g/mol. The highest BCUT2D eigenvalue weighted by Gasteiger charge is 2.23. The number of hydrogen-bond acceptors (Lipinski definition) is 5. The van der Waals surface area contributed by atoms with E-state index in [0.29, 0.717) is 24.4 Å². The summed E-state index contributed by atoms with van der Waals surface area (Å²) >= 11 is 0. The first-order valence-electron chi connectivity index (χ1n) is 10.9. The molecule has 0 spiro atoms. The van der Waals surface area contributed by atoms with Crippen molar-refractivity contribution in [3.05, 3.63) is 65.2 Å². The Kier molecular flexibility index (Phi) is 7.30. The van der Waals surface area contributed by atoms with Gasteiger partial charge in [-0.15, -0.1) is 0 Å². The number of anilines is 1. The molecular formula is C24H29N3O4. The van der Waals surface area contributed by atoms with E-state index in [9.17, 15) is 9.59 Å². The molecule has 2 aliphatic heterocycles. The van der Waals surface area contributed by atoms with Crippen LogP contribution in [0.4, 0.5) is 5.69 Å². The SMILES string of the molecule is O=C(NCc1ccc(CN2CCOCC2)cc1)c1cccc(NC(=O)[C@H]2CCCO2)c1. The number of carbonyl (C=O) groups excluding carboxylic acids is 2. The van der Waals surface area contributed by atoms with Crippen LogP contribution in [0.1, 0.15) is 34.3 Å². The molecule has 0 bridgehead atoms. The molecule has 2 aliphatic rings. The van der Waals surface area contributed by atoms with Gasteiger partial charge < -0.3 is 20.1 Å². The lowest BCUT2D eigenvalue weighted by atomic mass is 10.1. The summed E-state index contributed by atoms with van der Waals surface area (Å²) in [6, 6.07) is 15.3. The number of hydrogen-bond donors (Lipinski definition) is 2. The number of morpholine rings is 1. The number of nitrogens with zero attached hydrogens (tertiary/aromatic N) is 1. The van der Waals surface area contributed by atoms with E-state index in [1.807, 2.05) is 12.1 Å². The van der Waals surface area contributed by atoms with Crippen LogP contribution < -0.4 is 10.6 Å². The molecule has 31 heavy (non-hydrogen) atoms. The summed E-state index contributed by atoms with van der Waals surface area (Å²) in [5.74, 6) is -0.335. The molecule has 0 aliphatic carbocycles. The molecule has 164 valence electrons. The standard InChI is InChI=1S/C24H29N3O4/c28-23(20-3-1-4-21(15-20)26-24(29)22-5-2-12-31-22)25-16-18-6-8-19(9-7-18)17-27-10-13-30-14-11-27/h1,3-4,6-9,15,22H,2,5,10-14,16-17H2,(H,25,28)(H,26,29)/t22-/m1/s1. The lowest BCUT2D eigenvalue weighted by Gasteiger charge is -2.26. The summed E-state index contributed by atoms with van der Waals surface area (Å²) in [6.45, 7) is 5.50. The molecule has 0 saturated carbocycles. The average Bonchev–Trinajstić information content (AvgIpc) is 3.35. The van der Waals surface area contributed by atoms with Crippen LogP contribution in [0.3, 0.4) is 0 Å². The first-order chi connectivity index (χ1) is 15.2. The van der Waals surface area contributed by atoms with Crippen molar-refractivity contribution in [1.82, 2.24) is 10.2 Å². The predicted molar refractivity (Wildman–Crippen MR) is 118 cm³/mol. The van der Waals surface area contributed by atoms with Crippen molar-refractivity contribution in [2.45, 2.75) is 32.0 Å². The minimum absolute atomic E-state index is 0.160. The molecule has 2 aromatic rings. The number of ether oxygens (including phenoxy) is 2. The fraction of sp³-hybridized carbons (Fsp3) is 0.417. The van der Waals surface area contributed by atoms with Crippen LogP contribution in [-0.2, 0) is 27.4 Å². The van der Waals surface area contributed by atoms with E-state index in [-0.39, 0.29) is 11.8 Å². The molecule has 7 nitrogen and oxygen atoms in total. The van der Waals surface area contributed by atoms with Crippen LogP contribution in [0.15, 0.2) is 48.5 Å². The second-order valence-corrected chi connectivity index (χ2v) is 7.96. The van der Waals surface area contributed by atoms with Crippen LogP contribution in [0.2, 0.25) is 0 Å². The molecule has 2 saturated heterocycles. The maximum Gasteiger partial charge on any atom is 0.253 e. The van der Waals surface area contributed by atoms with Crippen molar-refractivity contribution in [2.75, 3.05) is 38.2 Å². The van der Waals surface area contributed by atoms with Gasteiger partial charge in [0, 0.05) is 44.0 Å². The van der Waals surface area contributed by atoms with Gasteiger partial charge in [-0.1, -0.05) is 30.3 Å². The summed E-state index contributed by atoms with van der Waals surface area (Å²) in [5.41, 5.74) is 3.41. The van der Waals surface area contributed by atoms with Gasteiger partial charge in [0.05, 0.1) is 13.2 Å². The largest absolute Gasteiger partial charge is 0.379 e. The Morgan fingerprint density at radius 3 is 2.52 bits per heavy atom. The summed E-state index contributed by atoms with van der Waals surface area (Å²) in [7, 11) is 0. The maximum atomic E-state index is 12.6. The molecule has 4 rings (SSSR count). The average molecular weight is 424 g/mol. The Labute approximate surface area is 182 Å². The Morgan fingerprint density at radius 2 is 1.77 bits per heavy atom. The summed E-state index contributed by atoms with van der Waals surface area (Å²) in [6.07, 6.45) is 1.23. The fourth-order valence-electron chi connectivity index (χ4n) is 3.81. The molecule has 2 N–H and O–H groups in total. The van der Waals surface area contributed by atoms with E-state index in [1.165, 1.54) is 5.56 Å². The zero-order chi connectivity index (χ0) is 21.5. The Bertz CT molecular complexity index is 888. The lowest BCUT2D eigenvalue weighted by Crippen LogP contribution is -2.35. The molecule has 2 aromatic carbocycles. The van der Waals surface area contributed by atoms with Crippen LogP contribution in [-0.4, -0.2) is 55.7 Å². The summed E-state index contributed by atoms with van der Waals surface area (Å²) < 4.78 is 10.8. The number of amides is 2. The number of rotatable bonds is 7. The molecule has 2 amide bonds. The molecule has 1 atom stereocenters. The lowest BCUT2D eigenvalue weighted by molar-refractivity contribution is -0.124. The van der Waals surface area contributed by atoms with Crippen LogP contribution in [0.25, 0.3) is 0 Å². The smallest absolute Gasteiger partial charge is 0.253 e. The molecule has 0 unspecified atom stereocenters. The van der Waals surface area contributed by atoms with E-state index < -0.39 is 6.10 Å². The van der Waals surface area contributed by atoms with Crippen molar-refractivity contribution in [3.8, 4) is 0 Å². The Balaban J connectivity index is 1.27. The minimum Gasteiger partial charge on any atom is -0.379 e. The second kappa shape index (κ2) is 10.5. The molecule has 2 fully saturated rings. The molecule has 7 heteroatoms. The highest BCUT2D eigenvalue weighted by Crippen LogP contribution is 2.16. The van der Waals surface area contributed by atoms with E-state index in [4.69, 9.17) is 9.47 Å². The zero-order valence-corrected chi connectivity index (χ0v) is 17.6. The van der Waals surface area contributed by atoms with Crippen molar-refractivity contribution in [1.29, 1.82) is 0 Å². The fourth-order valence-corrected chi connectivity index (χ4v) is 3.81. The normalized spacial score (nSPS) is 19.2. The third kappa shape index (κ3) is 6.13. The number of carbonyl (C=O) groups is 2. The van der Waals surface area contributed by atoms with Crippen LogP contribution in [0, 0.1) is 0 Å². The van der Waals surface area contributed by atoms with Gasteiger partial charge in [-0.05, 0) is 42.2 Å². The second-order valence-electron chi connectivity index (χ2n) is 7.96. The highest BCUT2D eigenvalue weighted by atomic mass is 16.5. The molecule has 0 aromatic heterocycles. The summed E-state index contributed by atoms with van der Waals surface area (Å²) in [5, 5.41) is 5.79. The van der Waals surface area contributed by atoms with Gasteiger partial charge in [0.15, 0.2) is 0 Å². The predicted octanol–water partition coefficient (Wildman–Crippen LogP) is 2.57. The van der Waals surface area contributed by atoms with Crippen molar-refractivity contribution in [3.63, 3.8) is 0 Å². The molecule has 2 heterocycles. The topological polar surface area (TPSA) is 79.9 Å². The number of nitrogens with one attached hydrogen (secondary N) is 2. The van der Waals surface area contributed by atoms with Gasteiger partial charge in [-0.3, -0.25) is 14.5 Å². The third-order valence-corrected chi connectivity index (χ3v) is 5.60. The van der Waals surface area contributed by atoms with Gasteiger partial charge in [-0.25, -0.2) is 0 Å². The maximum absolute atomic E-state index is 12.6. The van der Waals surface area contributed by atoms with Crippen LogP contribution >= 0.6 is 0 Å². The molecular weight excluding hydrogens is 394 g/mol. The van der Waals surface area contributed by atoms with Crippen LogP contribution in [0.5, 0.6) is 0 Å². The van der Waals surface area contributed by atoms with E-state index in [1.54, 1.807) is 24.3 Å². The first-order valence-corrected chi connectivity index (χ1v) is 10.9. The van der Waals surface area contributed by atoms with Gasteiger partial charge >= 0.3 is 0 Å². The zero-order valence-electron chi connectivity index (χ0n) is 17.6. The van der Waals surface area contributed by atoms with E-state index in [2.05, 4.69) is 27.7 Å². The first kappa shape index (κ1) is 21.5. The van der Waals surface area contributed by atoms with Gasteiger partial charge in [0.2, 0.25) is 0 Å². The van der Waals surface area contributed by atoms with Gasteiger partial charge in [-0.2, -0.15) is 0 Å². The Hall–Kier alpha value is -2.74. The minimum atomic E-state index is -0.399. The van der Waals surface area contributed by atoms with Crippen molar-refractivity contribution in [2.24, 2.45) is 0 Å².